The highest BCUT2D eigenvalue weighted by atomic mass is 79.9. The van der Waals surface area contributed by atoms with Crippen LogP contribution in [0, 0.1) is 0 Å². The van der Waals surface area contributed by atoms with Crippen molar-refractivity contribution < 1.29 is 5.11 Å². The largest absolute Gasteiger partial charge is 0.507 e. The van der Waals surface area contributed by atoms with Gasteiger partial charge in [-0.25, -0.2) is 0 Å². The van der Waals surface area contributed by atoms with Gasteiger partial charge in [-0.05, 0) is 54.0 Å². The van der Waals surface area contributed by atoms with Crippen LogP contribution in [0.25, 0.3) is 5.57 Å². The molecule has 1 nitrogen and oxygen atoms in total. The molecule has 0 unspecified atom stereocenters. The standard InChI is InChI=1S/C15H11Br3O/c1-9(13-4-2-12(17)8-15(13)19)6-10-7-11(16)3-5-14(10)18/h2-5,7-8,19H,1,6H2. The van der Waals surface area contributed by atoms with Gasteiger partial charge in [-0.3, -0.25) is 0 Å². The summed E-state index contributed by atoms with van der Waals surface area (Å²) in [6, 6.07) is 11.5. The third-order valence-corrected chi connectivity index (χ3v) is 4.51. The second-order valence-corrected chi connectivity index (χ2v) is 6.86. The van der Waals surface area contributed by atoms with E-state index in [2.05, 4.69) is 54.4 Å². The molecule has 0 fully saturated rings. The second kappa shape index (κ2) is 6.25. The molecule has 19 heavy (non-hydrogen) atoms. The number of allylic oxidation sites excluding steroid dienone is 1. The molecular weight excluding hydrogens is 436 g/mol. The molecule has 0 bridgehead atoms. The van der Waals surface area contributed by atoms with Crippen molar-refractivity contribution in [3.05, 3.63) is 67.5 Å². The molecule has 0 saturated heterocycles. The monoisotopic (exact) mass is 444 g/mol. The van der Waals surface area contributed by atoms with Crippen molar-refractivity contribution in [2.24, 2.45) is 0 Å². The van der Waals surface area contributed by atoms with Crippen molar-refractivity contribution >= 4 is 53.4 Å². The summed E-state index contributed by atoms with van der Waals surface area (Å²) in [6.07, 6.45) is 0.676. The number of phenols is 1. The number of rotatable bonds is 3. The number of hydrogen-bond donors (Lipinski definition) is 1. The molecule has 0 aliphatic rings. The Morgan fingerprint density at radius 2 is 1.63 bits per heavy atom. The van der Waals surface area contributed by atoms with E-state index in [1.54, 1.807) is 6.07 Å². The fourth-order valence-corrected chi connectivity index (χ4v) is 2.95. The molecule has 4 heteroatoms. The van der Waals surface area contributed by atoms with E-state index in [1.165, 1.54) is 0 Å². The molecule has 0 heterocycles. The number of phenolic OH excluding ortho intramolecular Hbond substituents is 1. The summed E-state index contributed by atoms with van der Waals surface area (Å²) in [5.41, 5.74) is 2.78. The molecule has 2 aromatic rings. The van der Waals surface area contributed by atoms with Crippen molar-refractivity contribution in [1.82, 2.24) is 0 Å². The van der Waals surface area contributed by atoms with Gasteiger partial charge in [-0.1, -0.05) is 54.4 Å². The van der Waals surface area contributed by atoms with Gasteiger partial charge in [0.05, 0.1) is 0 Å². The Hall–Kier alpha value is -0.580. The summed E-state index contributed by atoms with van der Waals surface area (Å²) in [5.74, 6) is 0.241. The summed E-state index contributed by atoms with van der Waals surface area (Å²) in [5, 5.41) is 9.95. The minimum Gasteiger partial charge on any atom is -0.507 e. The van der Waals surface area contributed by atoms with Crippen LogP contribution in [0.5, 0.6) is 5.75 Å². The van der Waals surface area contributed by atoms with E-state index in [0.29, 0.717) is 6.42 Å². The van der Waals surface area contributed by atoms with Crippen molar-refractivity contribution in [2.75, 3.05) is 0 Å². The van der Waals surface area contributed by atoms with Gasteiger partial charge in [-0.2, -0.15) is 0 Å². The minimum atomic E-state index is 0.241. The first-order valence-electron chi connectivity index (χ1n) is 5.58. The van der Waals surface area contributed by atoms with Crippen molar-refractivity contribution in [3.63, 3.8) is 0 Å². The molecule has 0 spiro atoms. The molecule has 0 aliphatic heterocycles. The van der Waals surface area contributed by atoms with E-state index in [-0.39, 0.29) is 5.75 Å². The average Bonchev–Trinajstić information content (AvgIpc) is 2.33. The molecule has 0 amide bonds. The maximum absolute atomic E-state index is 9.95. The van der Waals surface area contributed by atoms with Gasteiger partial charge in [0, 0.05) is 19.0 Å². The van der Waals surface area contributed by atoms with Crippen molar-refractivity contribution in [3.8, 4) is 5.75 Å². The average molecular weight is 447 g/mol. The first-order valence-corrected chi connectivity index (χ1v) is 7.96. The van der Waals surface area contributed by atoms with E-state index >= 15 is 0 Å². The topological polar surface area (TPSA) is 20.2 Å². The van der Waals surface area contributed by atoms with Crippen molar-refractivity contribution in [1.29, 1.82) is 0 Å². The van der Waals surface area contributed by atoms with Gasteiger partial charge in [0.1, 0.15) is 5.75 Å². The molecule has 0 saturated carbocycles. The molecule has 1 N–H and O–H groups in total. The fourth-order valence-electron chi connectivity index (χ4n) is 1.81. The minimum absolute atomic E-state index is 0.241. The van der Waals surface area contributed by atoms with Crippen LogP contribution in [-0.4, -0.2) is 5.11 Å². The van der Waals surface area contributed by atoms with Crippen LogP contribution in [0.15, 0.2) is 56.4 Å². The quantitative estimate of drug-likeness (QED) is 0.619. The summed E-state index contributed by atoms with van der Waals surface area (Å²) in [6.45, 7) is 4.07. The molecule has 98 valence electrons. The summed E-state index contributed by atoms with van der Waals surface area (Å²) in [7, 11) is 0. The number of aromatic hydroxyl groups is 1. The first kappa shape index (κ1) is 14.8. The van der Waals surface area contributed by atoms with Crippen LogP contribution < -0.4 is 0 Å². The first-order chi connectivity index (χ1) is 8.97. The van der Waals surface area contributed by atoms with E-state index in [0.717, 1.165) is 30.1 Å². The zero-order valence-electron chi connectivity index (χ0n) is 9.96. The Balaban J connectivity index is 2.28. The van der Waals surface area contributed by atoms with E-state index in [9.17, 15) is 5.11 Å². The maximum Gasteiger partial charge on any atom is 0.124 e. The van der Waals surface area contributed by atoms with Crippen LogP contribution >= 0.6 is 47.8 Å². The van der Waals surface area contributed by atoms with Gasteiger partial charge in [0.15, 0.2) is 0 Å². The molecule has 0 aromatic heterocycles. The highest BCUT2D eigenvalue weighted by Crippen LogP contribution is 2.31. The van der Waals surface area contributed by atoms with Crippen LogP contribution in [0.2, 0.25) is 0 Å². The Bertz CT molecular complexity index is 635. The molecule has 0 radical (unpaired) electrons. The Labute approximate surface area is 137 Å². The predicted molar refractivity (Wildman–Crippen MR) is 90.4 cm³/mol. The van der Waals surface area contributed by atoms with Gasteiger partial charge in [0.25, 0.3) is 0 Å². The lowest BCUT2D eigenvalue weighted by molar-refractivity contribution is 0.473. The van der Waals surface area contributed by atoms with Crippen LogP contribution in [-0.2, 0) is 6.42 Å². The second-order valence-electron chi connectivity index (χ2n) is 4.18. The predicted octanol–water partition coefficient (Wildman–Crippen LogP) is 5.94. The summed E-state index contributed by atoms with van der Waals surface area (Å²) in [4.78, 5) is 0. The van der Waals surface area contributed by atoms with E-state index < -0.39 is 0 Å². The molecule has 2 rings (SSSR count). The Morgan fingerprint density at radius 1 is 1.00 bits per heavy atom. The molecule has 0 aliphatic carbocycles. The van der Waals surface area contributed by atoms with Crippen LogP contribution in [0.3, 0.4) is 0 Å². The van der Waals surface area contributed by atoms with E-state index in [4.69, 9.17) is 0 Å². The maximum atomic E-state index is 9.95. The SMILES string of the molecule is C=C(Cc1cc(Br)ccc1Br)c1ccc(Br)cc1O. The lowest BCUT2D eigenvalue weighted by Gasteiger charge is -2.10. The zero-order valence-corrected chi connectivity index (χ0v) is 14.7. The van der Waals surface area contributed by atoms with Crippen molar-refractivity contribution in [2.45, 2.75) is 6.42 Å². The molecule has 0 atom stereocenters. The lowest BCUT2D eigenvalue weighted by atomic mass is 9.99. The van der Waals surface area contributed by atoms with Gasteiger partial charge >= 0.3 is 0 Å². The zero-order chi connectivity index (χ0) is 14.0. The normalized spacial score (nSPS) is 10.5. The lowest BCUT2D eigenvalue weighted by Crippen LogP contribution is -1.92. The van der Waals surface area contributed by atoms with E-state index in [1.807, 2.05) is 30.3 Å². The van der Waals surface area contributed by atoms with Crippen LogP contribution in [0.1, 0.15) is 11.1 Å². The third kappa shape index (κ3) is 3.71. The number of hydrogen-bond acceptors (Lipinski definition) is 1. The number of benzene rings is 2. The highest BCUT2D eigenvalue weighted by Gasteiger charge is 2.09. The van der Waals surface area contributed by atoms with Gasteiger partial charge < -0.3 is 5.11 Å². The fraction of sp³-hybridized carbons (Fsp3) is 0.0667. The van der Waals surface area contributed by atoms with Crippen LogP contribution in [0.4, 0.5) is 0 Å². The highest BCUT2D eigenvalue weighted by molar-refractivity contribution is 9.11. The van der Waals surface area contributed by atoms with Gasteiger partial charge in [-0.15, -0.1) is 0 Å². The Kier molecular flexibility index (Phi) is 4.87. The smallest absolute Gasteiger partial charge is 0.124 e. The van der Waals surface area contributed by atoms with Gasteiger partial charge in [0.2, 0.25) is 0 Å². The summed E-state index contributed by atoms with van der Waals surface area (Å²) >= 11 is 10.3. The molecular formula is C15H11Br3O. The number of halogens is 3. The third-order valence-electron chi connectivity index (χ3n) is 2.75. The summed E-state index contributed by atoms with van der Waals surface area (Å²) < 4.78 is 2.91. The molecule has 2 aromatic carbocycles. The Morgan fingerprint density at radius 3 is 2.32 bits per heavy atom.